The van der Waals surface area contributed by atoms with E-state index in [-0.39, 0.29) is 11.9 Å². The van der Waals surface area contributed by atoms with Crippen LogP contribution < -0.4 is 0 Å². The van der Waals surface area contributed by atoms with Gasteiger partial charge in [0.1, 0.15) is 0 Å². The second kappa shape index (κ2) is 5.43. The number of rotatable bonds is 4. The van der Waals surface area contributed by atoms with Crippen molar-refractivity contribution in [1.82, 2.24) is 0 Å². The molecule has 0 saturated carbocycles. The molecule has 0 aromatic heterocycles. The summed E-state index contributed by atoms with van der Waals surface area (Å²) in [6.45, 7) is 4.18. The second-order valence-corrected chi connectivity index (χ2v) is 3.34. The Morgan fingerprint density at radius 2 is 2.00 bits per heavy atom. The van der Waals surface area contributed by atoms with Crippen LogP contribution in [0.4, 0.5) is 0 Å². The molecular weight excluding hydrogens is 176 g/mol. The summed E-state index contributed by atoms with van der Waals surface area (Å²) in [5, 5.41) is 0. The van der Waals surface area contributed by atoms with Gasteiger partial charge in [-0.15, -0.1) is 0 Å². The van der Waals surface area contributed by atoms with Crippen LogP contribution in [0, 0.1) is 5.92 Å². The van der Waals surface area contributed by atoms with Crippen LogP contribution in [0.3, 0.4) is 0 Å². The molecule has 0 aliphatic heterocycles. The molecule has 0 radical (unpaired) electrons. The Hall–Kier alpha value is -1.31. The van der Waals surface area contributed by atoms with Gasteiger partial charge >= 0.3 is 5.97 Å². The number of hydrogen-bond donors (Lipinski definition) is 0. The number of carbonyl (C=O) groups is 1. The summed E-state index contributed by atoms with van der Waals surface area (Å²) >= 11 is 0. The van der Waals surface area contributed by atoms with E-state index in [0.717, 1.165) is 6.42 Å². The smallest absolute Gasteiger partial charge is 0.308 e. The number of benzene rings is 1. The molecule has 2 heteroatoms. The van der Waals surface area contributed by atoms with E-state index in [2.05, 4.69) is 0 Å². The molecule has 0 saturated heterocycles. The van der Waals surface area contributed by atoms with Gasteiger partial charge in [-0.1, -0.05) is 37.3 Å². The molecule has 14 heavy (non-hydrogen) atoms. The van der Waals surface area contributed by atoms with Gasteiger partial charge in [0.05, 0.1) is 12.5 Å². The van der Waals surface area contributed by atoms with E-state index in [4.69, 9.17) is 4.74 Å². The summed E-state index contributed by atoms with van der Waals surface area (Å²) in [6.07, 6.45) is 0.750. The van der Waals surface area contributed by atoms with Crippen molar-refractivity contribution in [3.8, 4) is 0 Å². The summed E-state index contributed by atoms with van der Waals surface area (Å²) in [5.74, 6) is -0.172. The summed E-state index contributed by atoms with van der Waals surface area (Å²) < 4.78 is 4.94. The Morgan fingerprint density at radius 1 is 1.36 bits per heavy atom. The van der Waals surface area contributed by atoms with Crippen LogP contribution in [0.15, 0.2) is 30.3 Å². The monoisotopic (exact) mass is 192 g/mol. The van der Waals surface area contributed by atoms with Crippen molar-refractivity contribution >= 4 is 5.97 Å². The van der Waals surface area contributed by atoms with E-state index in [0.29, 0.717) is 6.61 Å². The summed E-state index contributed by atoms with van der Waals surface area (Å²) in [6, 6.07) is 9.98. The highest BCUT2D eigenvalue weighted by Gasteiger charge is 2.13. The first kappa shape index (κ1) is 10.8. The van der Waals surface area contributed by atoms with E-state index in [1.165, 1.54) is 5.56 Å². The van der Waals surface area contributed by atoms with Gasteiger partial charge in [0, 0.05) is 0 Å². The zero-order valence-electron chi connectivity index (χ0n) is 8.69. The molecule has 0 aliphatic carbocycles. The van der Waals surface area contributed by atoms with Crippen LogP contribution in [0.1, 0.15) is 19.4 Å². The molecule has 1 aromatic carbocycles. The minimum atomic E-state index is -0.114. The van der Waals surface area contributed by atoms with Crippen LogP contribution in [-0.2, 0) is 16.0 Å². The van der Waals surface area contributed by atoms with E-state index < -0.39 is 0 Å². The average molecular weight is 192 g/mol. The van der Waals surface area contributed by atoms with Crippen molar-refractivity contribution in [3.63, 3.8) is 0 Å². The zero-order valence-corrected chi connectivity index (χ0v) is 8.69. The van der Waals surface area contributed by atoms with Gasteiger partial charge in [-0.2, -0.15) is 0 Å². The fourth-order valence-electron chi connectivity index (χ4n) is 1.34. The molecular formula is C12H16O2. The van der Waals surface area contributed by atoms with Crippen LogP contribution in [0.25, 0.3) is 0 Å². The van der Waals surface area contributed by atoms with Gasteiger partial charge in [-0.05, 0) is 18.9 Å². The summed E-state index contributed by atoms with van der Waals surface area (Å²) in [7, 11) is 0. The Bertz CT molecular complexity index is 280. The lowest BCUT2D eigenvalue weighted by molar-refractivity contribution is -0.147. The minimum absolute atomic E-state index is 0.0580. The summed E-state index contributed by atoms with van der Waals surface area (Å²) in [4.78, 5) is 11.3. The first-order valence-corrected chi connectivity index (χ1v) is 4.94. The van der Waals surface area contributed by atoms with Crippen LogP contribution in [0.5, 0.6) is 0 Å². The Labute approximate surface area is 84.9 Å². The summed E-state index contributed by atoms with van der Waals surface area (Å²) in [5.41, 5.74) is 1.17. The van der Waals surface area contributed by atoms with Crippen LogP contribution >= 0.6 is 0 Å². The first-order chi connectivity index (χ1) is 6.74. The maximum Gasteiger partial charge on any atom is 0.308 e. The largest absolute Gasteiger partial charge is 0.466 e. The molecule has 1 aromatic rings. The normalized spacial score (nSPS) is 12.1. The van der Waals surface area contributed by atoms with Crippen molar-refractivity contribution in [2.75, 3.05) is 6.61 Å². The fourth-order valence-corrected chi connectivity index (χ4v) is 1.34. The lowest BCUT2D eigenvalue weighted by Gasteiger charge is -2.09. The van der Waals surface area contributed by atoms with Gasteiger partial charge in [0.15, 0.2) is 0 Å². The standard InChI is InChI=1S/C12H16O2/c1-3-14-12(13)10(2)9-11-7-5-4-6-8-11/h4-8,10H,3,9H2,1-2H3/t10-/m0/s1. The van der Waals surface area contributed by atoms with Gasteiger partial charge in [-0.3, -0.25) is 4.79 Å². The SMILES string of the molecule is CCOC(=O)[C@@H](C)Cc1ccccc1. The highest BCUT2D eigenvalue weighted by Crippen LogP contribution is 2.09. The van der Waals surface area contributed by atoms with Crippen molar-refractivity contribution in [3.05, 3.63) is 35.9 Å². The fraction of sp³-hybridized carbons (Fsp3) is 0.417. The highest BCUT2D eigenvalue weighted by molar-refractivity contribution is 5.72. The maximum absolute atomic E-state index is 11.3. The van der Waals surface area contributed by atoms with Gasteiger partial charge in [0.2, 0.25) is 0 Å². The molecule has 0 N–H and O–H groups in total. The van der Waals surface area contributed by atoms with E-state index in [9.17, 15) is 4.79 Å². The molecule has 0 spiro atoms. The molecule has 2 nitrogen and oxygen atoms in total. The molecule has 76 valence electrons. The van der Waals surface area contributed by atoms with Crippen LogP contribution in [-0.4, -0.2) is 12.6 Å². The quantitative estimate of drug-likeness (QED) is 0.685. The van der Waals surface area contributed by atoms with E-state index in [1.54, 1.807) is 0 Å². The molecule has 0 bridgehead atoms. The molecule has 0 fully saturated rings. The Morgan fingerprint density at radius 3 is 2.57 bits per heavy atom. The van der Waals surface area contributed by atoms with Crippen molar-refractivity contribution < 1.29 is 9.53 Å². The predicted octanol–water partition coefficient (Wildman–Crippen LogP) is 2.43. The molecule has 0 aliphatic rings. The predicted molar refractivity (Wildman–Crippen MR) is 55.9 cm³/mol. The van der Waals surface area contributed by atoms with Crippen molar-refractivity contribution in [1.29, 1.82) is 0 Å². The third-order valence-electron chi connectivity index (χ3n) is 2.07. The number of esters is 1. The van der Waals surface area contributed by atoms with Crippen LogP contribution in [0.2, 0.25) is 0 Å². The number of hydrogen-bond acceptors (Lipinski definition) is 2. The van der Waals surface area contributed by atoms with Crippen molar-refractivity contribution in [2.24, 2.45) is 5.92 Å². The minimum Gasteiger partial charge on any atom is -0.466 e. The third-order valence-corrected chi connectivity index (χ3v) is 2.07. The number of ether oxygens (including phenoxy) is 1. The molecule has 1 rings (SSSR count). The van der Waals surface area contributed by atoms with Gasteiger partial charge in [-0.25, -0.2) is 0 Å². The lowest BCUT2D eigenvalue weighted by Crippen LogP contribution is -2.16. The molecule has 0 unspecified atom stereocenters. The molecule has 1 atom stereocenters. The maximum atomic E-state index is 11.3. The van der Waals surface area contributed by atoms with Crippen molar-refractivity contribution in [2.45, 2.75) is 20.3 Å². The molecule has 0 amide bonds. The van der Waals surface area contributed by atoms with Gasteiger partial charge in [0.25, 0.3) is 0 Å². The van der Waals surface area contributed by atoms with E-state index >= 15 is 0 Å². The first-order valence-electron chi connectivity index (χ1n) is 4.94. The zero-order chi connectivity index (χ0) is 10.4. The lowest BCUT2D eigenvalue weighted by atomic mass is 10.0. The Balaban J connectivity index is 2.49. The van der Waals surface area contributed by atoms with E-state index in [1.807, 2.05) is 44.2 Å². The highest BCUT2D eigenvalue weighted by atomic mass is 16.5. The molecule has 0 heterocycles. The second-order valence-electron chi connectivity index (χ2n) is 3.34. The number of carbonyl (C=O) groups excluding carboxylic acids is 1. The Kier molecular flexibility index (Phi) is 4.17. The third kappa shape index (κ3) is 3.21. The average Bonchev–Trinajstić information content (AvgIpc) is 2.19. The topological polar surface area (TPSA) is 26.3 Å². The van der Waals surface area contributed by atoms with Gasteiger partial charge < -0.3 is 4.74 Å².